The van der Waals surface area contributed by atoms with E-state index in [9.17, 15) is 27.6 Å². The summed E-state index contributed by atoms with van der Waals surface area (Å²) in [5.41, 5.74) is -1.72. The van der Waals surface area contributed by atoms with Crippen molar-refractivity contribution in [1.82, 2.24) is 9.55 Å². The first kappa shape index (κ1) is 19.9. The molecule has 1 amide bonds. The van der Waals surface area contributed by atoms with Gasteiger partial charge >= 0.3 is 12.1 Å². The van der Waals surface area contributed by atoms with Crippen LogP contribution in [-0.2, 0) is 33.5 Å². The van der Waals surface area contributed by atoms with Crippen molar-refractivity contribution >= 4 is 39.9 Å². The van der Waals surface area contributed by atoms with Gasteiger partial charge in [-0.3, -0.25) is 14.4 Å². The Balaban J connectivity index is 2.12. The molecule has 0 saturated heterocycles. The highest BCUT2D eigenvalue weighted by Crippen LogP contribution is 2.29. The third kappa shape index (κ3) is 5.05. The van der Waals surface area contributed by atoms with Crippen molar-refractivity contribution in [2.75, 3.05) is 12.4 Å². The highest BCUT2D eigenvalue weighted by Gasteiger charge is 2.32. The van der Waals surface area contributed by atoms with Gasteiger partial charge in [-0.1, -0.05) is 11.6 Å². The molecule has 2 heterocycles. The number of hydrogen-bond acceptors (Lipinski definition) is 6. The molecule has 2 aromatic rings. The smallest absolute Gasteiger partial charge is 0.417 e. The van der Waals surface area contributed by atoms with Crippen molar-refractivity contribution in [3.05, 3.63) is 44.3 Å². The number of halogens is 4. The molecule has 0 aliphatic heterocycles. The second-order valence-electron chi connectivity index (χ2n) is 4.95. The minimum absolute atomic E-state index is 0.0917. The lowest BCUT2D eigenvalue weighted by Crippen LogP contribution is -2.29. The Morgan fingerprint density at radius 1 is 1.42 bits per heavy atom. The summed E-state index contributed by atoms with van der Waals surface area (Å²) < 4.78 is 43.4. The minimum atomic E-state index is -4.71. The number of ether oxygens (including phenoxy) is 1. The molecule has 0 bridgehead atoms. The van der Waals surface area contributed by atoms with Crippen LogP contribution in [0.2, 0.25) is 5.02 Å². The number of esters is 1. The summed E-state index contributed by atoms with van der Waals surface area (Å²) in [4.78, 5) is 38.9. The minimum Gasteiger partial charge on any atom is -0.469 e. The van der Waals surface area contributed by atoms with Crippen molar-refractivity contribution in [3.8, 4) is 0 Å². The van der Waals surface area contributed by atoms with Gasteiger partial charge in [0.25, 0.3) is 5.56 Å². The van der Waals surface area contributed by atoms with E-state index in [-0.39, 0.29) is 11.6 Å². The molecule has 0 radical (unpaired) electrons. The average molecular weight is 410 g/mol. The van der Waals surface area contributed by atoms with Crippen LogP contribution in [0.5, 0.6) is 0 Å². The molecule has 0 fully saturated rings. The molecule has 12 heteroatoms. The van der Waals surface area contributed by atoms with Gasteiger partial charge in [0.05, 0.1) is 24.8 Å². The molecule has 0 spiro atoms. The van der Waals surface area contributed by atoms with Crippen LogP contribution < -0.4 is 10.9 Å². The molecule has 0 atom stereocenters. The van der Waals surface area contributed by atoms with Gasteiger partial charge < -0.3 is 14.6 Å². The normalized spacial score (nSPS) is 11.3. The van der Waals surface area contributed by atoms with Crippen molar-refractivity contribution in [2.45, 2.75) is 19.1 Å². The second-order valence-corrected chi connectivity index (χ2v) is 6.22. The number of carbonyl (C=O) groups excluding carboxylic acids is 2. The standard InChI is InChI=1S/C14H11ClF3N3O4S/c1-25-11(23)3-8-6-26-13(19-8)20-10(22)5-21-4-7(14(16,17)18)2-9(15)12(21)24/h2,4,6H,3,5H2,1H3,(H,19,20,22). The number of pyridine rings is 1. The molecule has 0 aromatic carbocycles. The van der Waals surface area contributed by atoms with E-state index in [1.165, 1.54) is 12.5 Å². The number of methoxy groups -OCH3 is 1. The first-order valence-electron chi connectivity index (χ1n) is 6.88. The third-order valence-corrected chi connectivity index (χ3v) is 4.11. The predicted molar refractivity (Wildman–Crippen MR) is 87.2 cm³/mol. The van der Waals surface area contributed by atoms with Crippen molar-refractivity contribution < 1.29 is 27.5 Å². The number of alkyl halides is 3. The van der Waals surface area contributed by atoms with E-state index in [2.05, 4.69) is 15.0 Å². The Hall–Kier alpha value is -2.40. The molecular formula is C14H11ClF3N3O4S. The van der Waals surface area contributed by atoms with Crippen LogP contribution in [0, 0.1) is 0 Å². The van der Waals surface area contributed by atoms with Crippen LogP contribution in [0.1, 0.15) is 11.3 Å². The van der Waals surface area contributed by atoms with Gasteiger partial charge in [0.2, 0.25) is 5.91 Å². The third-order valence-electron chi connectivity index (χ3n) is 3.03. The summed E-state index contributed by atoms with van der Waals surface area (Å²) in [7, 11) is 1.22. The van der Waals surface area contributed by atoms with Crippen molar-refractivity contribution in [1.29, 1.82) is 0 Å². The molecule has 0 saturated carbocycles. The number of rotatable bonds is 5. The first-order valence-corrected chi connectivity index (χ1v) is 8.14. The van der Waals surface area contributed by atoms with Crippen LogP contribution in [0.3, 0.4) is 0 Å². The van der Waals surface area contributed by atoms with Gasteiger partial charge in [0, 0.05) is 11.6 Å². The largest absolute Gasteiger partial charge is 0.469 e. The summed E-state index contributed by atoms with van der Waals surface area (Å²) in [5.74, 6) is -1.29. The lowest BCUT2D eigenvalue weighted by molar-refractivity contribution is -0.140. The summed E-state index contributed by atoms with van der Waals surface area (Å²) in [6, 6.07) is 0.498. The fourth-order valence-electron chi connectivity index (χ4n) is 1.85. The fourth-order valence-corrected chi connectivity index (χ4v) is 2.80. The first-order chi connectivity index (χ1) is 12.1. The molecule has 2 aromatic heterocycles. The second kappa shape index (κ2) is 7.87. The SMILES string of the molecule is COC(=O)Cc1csc(NC(=O)Cn2cc(C(F)(F)F)cc(Cl)c2=O)n1. The van der Waals surface area contributed by atoms with E-state index in [1.54, 1.807) is 0 Å². The number of thiazole rings is 1. The summed E-state index contributed by atoms with van der Waals surface area (Å²) in [6.45, 7) is -0.686. The Labute approximate surface area is 153 Å². The number of carbonyl (C=O) groups is 2. The van der Waals surface area contributed by atoms with Crippen LogP contribution >= 0.6 is 22.9 Å². The van der Waals surface area contributed by atoms with Gasteiger partial charge in [-0.05, 0) is 6.07 Å². The lowest BCUT2D eigenvalue weighted by atomic mass is 10.2. The maximum atomic E-state index is 12.8. The van der Waals surface area contributed by atoms with E-state index in [0.717, 1.165) is 11.3 Å². The predicted octanol–water partition coefficient (Wildman–Crippen LogP) is 2.33. The van der Waals surface area contributed by atoms with Crippen LogP contribution in [0.4, 0.5) is 18.3 Å². The van der Waals surface area contributed by atoms with Crippen LogP contribution in [0.15, 0.2) is 22.4 Å². The number of nitrogens with zero attached hydrogens (tertiary/aromatic N) is 2. The number of hydrogen-bond donors (Lipinski definition) is 1. The summed E-state index contributed by atoms with van der Waals surface area (Å²) in [6.07, 6.45) is -4.29. The Morgan fingerprint density at radius 2 is 2.12 bits per heavy atom. The average Bonchev–Trinajstić information content (AvgIpc) is 2.97. The van der Waals surface area contributed by atoms with E-state index >= 15 is 0 Å². The maximum absolute atomic E-state index is 12.8. The van der Waals surface area contributed by atoms with Gasteiger partial charge in [0.15, 0.2) is 5.13 Å². The van der Waals surface area contributed by atoms with Gasteiger partial charge in [-0.2, -0.15) is 13.2 Å². The maximum Gasteiger partial charge on any atom is 0.417 e. The number of aromatic nitrogens is 2. The lowest BCUT2D eigenvalue weighted by Gasteiger charge is -2.11. The highest BCUT2D eigenvalue weighted by atomic mass is 35.5. The van der Waals surface area contributed by atoms with E-state index in [1.807, 2.05) is 0 Å². The van der Waals surface area contributed by atoms with Gasteiger partial charge in [-0.25, -0.2) is 4.98 Å². The fraction of sp³-hybridized carbons (Fsp3) is 0.286. The van der Waals surface area contributed by atoms with E-state index in [0.29, 0.717) is 22.5 Å². The Morgan fingerprint density at radius 3 is 2.73 bits per heavy atom. The molecule has 0 aliphatic rings. The van der Waals surface area contributed by atoms with E-state index < -0.39 is 40.7 Å². The zero-order valence-electron chi connectivity index (χ0n) is 13.1. The molecule has 26 heavy (non-hydrogen) atoms. The van der Waals surface area contributed by atoms with Crippen molar-refractivity contribution in [2.24, 2.45) is 0 Å². The monoisotopic (exact) mass is 409 g/mol. The molecular weight excluding hydrogens is 399 g/mol. The van der Waals surface area contributed by atoms with Crippen LogP contribution in [0.25, 0.3) is 0 Å². The zero-order valence-corrected chi connectivity index (χ0v) is 14.7. The van der Waals surface area contributed by atoms with Crippen LogP contribution in [-0.4, -0.2) is 28.5 Å². The van der Waals surface area contributed by atoms with E-state index in [4.69, 9.17) is 11.6 Å². The number of nitrogens with one attached hydrogen (secondary N) is 1. The number of amides is 1. The van der Waals surface area contributed by atoms with Gasteiger partial charge in [0.1, 0.15) is 11.6 Å². The topological polar surface area (TPSA) is 90.3 Å². The molecule has 2 rings (SSSR count). The Kier molecular flexibility index (Phi) is 6.03. The molecule has 0 aliphatic carbocycles. The molecule has 7 nitrogen and oxygen atoms in total. The Bertz CT molecular complexity index is 894. The quantitative estimate of drug-likeness (QED) is 0.765. The highest BCUT2D eigenvalue weighted by molar-refractivity contribution is 7.13. The summed E-state index contributed by atoms with van der Waals surface area (Å²) in [5, 5.41) is 3.33. The van der Waals surface area contributed by atoms with Gasteiger partial charge in [-0.15, -0.1) is 11.3 Å². The molecule has 0 unspecified atom stereocenters. The summed E-state index contributed by atoms with van der Waals surface area (Å²) >= 11 is 6.53. The van der Waals surface area contributed by atoms with Crippen molar-refractivity contribution in [3.63, 3.8) is 0 Å². The molecule has 1 N–H and O–H groups in total. The zero-order chi connectivity index (χ0) is 19.5. The number of anilines is 1. The molecule has 140 valence electrons.